The number of carbonyl (C=O) groups excluding carboxylic acids is 2. The lowest BCUT2D eigenvalue weighted by molar-refractivity contribution is -0.145. The van der Waals surface area contributed by atoms with Crippen LogP contribution in [0.1, 0.15) is 82.9 Å². The first-order valence-corrected chi connectivity index (χ1v) is 10.2. The van der Waals surface area contributed by atoms with Gasteiger partial charge in [0.15, 0.2) is 0 Å². The topological polar surface area (TPSA) is 52.6 Å². The highest BCUT2D eigenvalue weighted by atomic mass is 16.5. The molecule has 0 aliphatic heterocycles. The molecule has 152 valence electrons. The van der Waals surface area contributed by atoms with E-state index in [0.717, 1.165) is 24.8 Å². The Labute approximate surface area is 168 Å². The molecule has 2 aliphatic carbocycles. The van der Waals surface area contributed by atoms with Gasteiger partial charge in [0.05, 0.1) is 13.5 Å². The van der Waals surface area contributed by atoms with Crippen LogP contribution in [0.15, 0.2) is 24.3 Å². The lowest BCUT2D eigenvalue weighted by Gasteiger charge is -2.53. The molecule has 0 heterocycles. The second-order valence-electron chi connectivity index (χ2n) is 9.24. The summed E-state index contributed by atoms with van der Waals surface area (Å²) < 4.78 is 10.7. The van der Waals surface area contributed by atoms with Gasteiger partial charge in [-0.3, -0.25) is 9.59 Å². The number of fused-ring (bicyclic) bond motifs is 3. The minimum atomic E-state index is -0.318. The highest BCUT2D eigenvalue weighted by Gasteiger charge is 2.52. The number of carbonyl (C=O) groups is 2. The molecule has 0 amide bonds. The zero-order chi connectivity index (χ0) is 20.7. The standard InChI is InChI=1S/C24H32O4/c1-15(2)17-8-9-19-18(12-17)20(28-16(3)25)13-21-23(4,14-22(26)27-6)10-7-11-24(19,21)5/h8-9,12-13,15,21H,7,10-11,14H2,1-6H3/t21?,23-,24-/m1/s1. The van der Waals surface area contributed by atoms with Gasteiger partial charge in [0.1, 0.15) is 5.76 Å². The van der Waals surface area contributed by atoms with E-state index < -0.39 is 0 Å². The van der Waals surface area contributed by atoms with Crippen molar-refractivity contribution in [2.45, 2.75) is 71.6 Å². The van der Waals surface area contributed by atoms with Crippen molar-refractivity contribution in [3.63, 3.8) is 0 Å². The predicted molar refractivity (Wildman–Crippen MR) is 110 cm³/mol. The van der Waals surface area contributed by atoms with Crippen molar-refractivity contribution in [3.05, 3.63) is 41.0 Å². The molecule has 1 saturated carbocycles. The van der Waals surface area contributed by atoms with Crippen molar-refractivity contribution in [1.29, 1.82) is 0 Å². The smallest absolute Gasteiger partial charge is 0.308 e. The lowest BCUT2D eigenvalue weighted by atomic mass is 9.50. The highest BCUT2D eigenvalue weighted by Crippen LogP contribution is 2.58. The van der Waals surface area contributed by atoms with Crippen LogP contribution in [0.3, 0.4) is 0 Å². The number of hydrogen-bond acceptors (Lipinski definition) is 4. The molecule has 3 atom stereocenters. The Bertz CT molecular complexity index is 822. The van der Waals surface area contributed by atoms with Crippen molar-refractivity contribution in [1.82, 2.24) is 0 Å². The van der Waals surface area contributed by atoms with E-state index in [1.807, 2.05) is 0 Å². The second-order valence-corrected chi connectivity index (χ2v) is 9.24. The summed E-state index contributed by atoms with van der Waals surface area (Å²) in [6, 6.07) is 6.56. The Morgan fingerprint density at radius 2 is 1.93 bits per heavy atom. The van der Waals surface area contributed by atoms with Crippen molar-refractivity contribution < 1.29 is 19.1 Å². The summed E-state index contributed by atoms with van der Waals surface area (Å²) in [5.74, 6) is 0.617. The molecule has 0 spiro atoms. The molecule has 0 radical (unpaired) electrons. The first-order chi connectivity index (χ1) is 13.1. The summed E-state index contributed by atoms with van der Waals surface area (Å²) >= 11 is 0. The van der Waals surface area contributed by atoms with E-state index in [0.29, 0.717) is 18.1 Å². The van der Waals surface area contributed by atoms with Gasteiger partial charge < -0.3 is 9.47 Å². The van der Waals surface area contributed by atoms with Crippen LogP contribution in [0.25, 0.3) is 5.76 Å². The number of methoxy groups -OCH3 is 1. The molecule has 1 aromatic carbocycles. The van der Waals surface area contributed by atoms with Gasteiger partial charge in [0, 0.05) is 17.9 Å². The average molecular weight is 385 g/mol. The van der Waals surface area contributed by atoms with E-state index in [1.165, 1.54) is 25.2 Å². The van der Waals surface area contributed by atoms with Gasteiger partial charge in [0.2, 0.25) is 0 Å². The molecule has 0 aromatic heterocycles. The molecule has 0 saturated heterocycles. The maximum absolute atomic E-state index is 12.2. The fourth-order valence-electron chi connectivity index (χ4n) is 5.33. The molecular weight excluding hydrogens is 352 g/mol. The van der Waals surface area contributed by atoms with Crippen molar-refractivity contribution in [3.8, 4) is 0 Å². The Kier molecular flexibility index (Phi) is 5.44. The van der Waals surface area contributed by atoms with Crippen LogP contribution in [0.5, 0.6) is 0 Å². The fraction of sp³-hybridized carbons (Fsp3) is 0.583. The highest BCUT2D eigenvalue weighted by molar-refractivity contribution is 5.79. The van der Waals surface area contributed by atoms with Crippen LogP contribution in [0, 0.1) is 11.3 Å². The minimum Gasteiger partial charge on any atom is -0.469 e. The van der Waals surface area contributed by atoms with E-state index in [-0.39, 0.29) is 28.7 Å². The summed E-state index contributed by atoms with van der Waals surface area (Å²) in [6.07, 6.45) is 5.53. The monoisotopic (exact) mass is 384 g/mol. The molecule has 3 rings (SSSR count). The summed E-state index contributed by atoms with van der Waals surface area (Å²) in [7, 11) is 1.44. The van der Waals surface area contributed by atoms with Crippen LogP contribution < -0.4 is 0 Å². The summed E-state index contributed by atoms with van der Waals surface area (Å²) in [5.41, 5.74) is 3.13. The molecule has 1 aromatic rings. The quantitative estimate of drug-likeness (QED) is 0.656. The van der Waals surface area contributed by atoms with E-state index in [2.05, 4.69) is 52.0 Å². The summed E-state index contributed by atoms with van der Waals surface area (Å²) in [4.78, 5) is 24.0. The van der Waals surface area contributed by atoms with Crippen LogP contribution in [0.4, 0.5) is 0 Å². The normalized spacial score (nSPS) is 28.8. The van der Waals surface area contributed by atoms with Crippen LogP contribution in [-0.2, 0) is 24.5 Å². The second kappa shape index (κ2) is 7.38. The molecule has 0 N–H and O–H groups in total. The first kappa shape index (κ1) is 20.6. The minimum absolute atomic E-state index is 0.0969. The third-order valence-corrected chi connectivity index (χ3v) is 6.82. The SMILES string of the molecule is COC(=O)C[C@@]1(C)CCC[C@]2(C)c3ccc(C(C)C)cc3C(OC(C)=O)=CC12. The largest absolute Gasteiger partial charge is 0.469 e. The molecule has 2 aliphatic rings. The molecule has 28 heavy (non-hydrogen) atoms. The fourth-order valence-corrected chi connectivity index (χ4v) is 5.33. The Balaban J connectivity index is 2.17. The van der Waals surface area contributed by atoms with Gasteiger partial charge >= 0.3 is 11.9 Å². The van der Waals surface area contributed by atoms with Crippen LogP contribution >= 0.6 is 0 Å². The number of esters is 2. The number of allylic oxidation sites excluding steroid dienone is 1. The summed E-state index contributed by atoms with van der Waals surface area (Å²) in [6.45, 7) is 10.2. The van der Waals surface area contributed by atoms with Crippen LogP contribution in [-0.4, -0.2) is 19.0 Å². The number of rotatable bonds is 4. The van der Waals surface area contributed by atoms with Gasteiger partial charge in [0.25, 0.3) is 0 Å². The van der Waals surface area contributed by atoms with E-state index in [9.17, 15) is 9.59 Å². The van der Waals surface area contributed by atoms with E-state index in [1.54, 1.807) is 0 Å². The number of benzene rings is 1. The van der Waals surface area contributed by atoms with Crippen molar-refractivity contribution in [2.24, 2.45) is 11.3 Å². The van der Waals surface area contributed by atoms with Gasteiger partial charge in [-0.05, 0) is 53.4 Å². The maximum Gasteiger partial charge on any atom is 0.308 e. The molecule has 0 bridgehead atoms. The first-order valence-electron chi connectivity index (χ1n) is 10.2. The van der Waals surface area contributed by atoms with E-state index >= 15 is 0 Å². The van der Waals surface area contributed by atoms with Gasteiger partial charge in [-0.25, -0.2) is 0 Å². The molecule has 1 fully saturated rings. The lowest BCUT2D eigenvalue weighted by Crippen LogP contribution is -2.48. The molecule has 1 unspecified atom stereocenters. The Morgan fingerprint density at radius 1 is 1.21 bits per heavy atom. The maximum atomic E-state index is 12.2. The van der Waals surface area contributed by atoms with Gasteiger partial charge in [-0.15, -0.1) is 0 Å². The third kappa shape index (κ3) is 3.49. The Hall–Kier alpha value is -2.10. The van der Waals surface area contributed by atoms with Crippen molar-refractivity contribution >= 4 is 17.7 Å². The predicted octanol–water partition coefficient (Wildman–Crippen LogP) is 5.35. The molecule has 4 nitrogen and oxygen atoms in total. The molecule has 4 heteroatoms. The molecular formula is C24H32O4. The zero-order valence-electron chi connectivity index (χ0n) is 17.9. The van der Waals surface area contributed by atoms with Crippen LogP contribution in [0.2, 0.25) is 0 Å². The van der Waals surface area contributed by atoms with Gasteiger partial charge in [-0.2, -0.15) is 0 Å². The zero-order valence-corrected chi connectivity index (χ0v) is 17.9. The summed E-state index contributed by atoms with van der Waals surface area (Å²) in [5, 5.41) is 0. The number of hydrogen-bond donors (Lipinski definition) is 0. The number of ether oxygens (including phenoxy) is 2. The Morgan fingerprint density at radius 3 is 2.54 bits per heavy atom. The van der Waals surface area contributed by atoms with Gasteiger partial charge in [-0.1, -0.05) is 46.2 Å². The van der Waals surface area contributed by atoms with Crippen molar-refractivity contribution in [2.75, 3.05) is 7.11 Å². The van der Waals surface area contributed by atoms with E-state index in [4.69, 9.17) is 9.47 Å². The third-order valence-electron chi connectivity index (χ3n) is 6.82. The average Bonchev–Trinajstić information content (AvgIpc) is 2.62.